The minimum Gasteiger partial charge on any atom is -0.370 e. The van der Waals surface area contributed by atoms with E-state index in [9.17, 15) is 0 Å². The van der Waals surface area contributed by atoms with Crippen molar-refractivity contribution in [1.29, 1.82) is 0 Å². The first kappa shape index (κ1) is 11.2. The summed E-state index contributed by atoms with van der Waals surface area (Å²) < 4.78 is 0. The maximum atomic E-state index is 5.74. The molecule has 0 aliphatic rings. The molecule has 2 nitrogen and oxygen atoms in total. The molecule has 0 fully saturated rings. The third-order valence-corrected chi connectivity index (χ3v) is 3.35. The highest BCUT2D eigenvalue weighted by atomic mass is 32.1. The van der Waals surface area contributed by atoms with Gasteiger partial charge in [0.15, 0.2) is 0 Å². The van der Waals surface area contributed by atoms with Crippen molar-refractivity contribution in [3.63, 3.8) is 0 Å². The summed E-state index contributed by atoms with van der Waals surface area (Å²) in [6, 6.07) is 10.4. The lowest BCUT2D eigenvalue weighted by Gasteiger charge is -2.21. The second kappa shape index (κ2) is 5.14. The SMILES string of the molecule is CN(Cc1ccsc1)c1ccccc1CN. The lowest BCUT2D eigenvalue weighted by Crippen LogP contribution is -2.18. The van der Waals surface area contributed by atoms with E-state index in [4.69, 9.17) is 5.73 Å². The summed E-state index contributed by atoms with van der Waals surface area (Å²) in [5.74, 6) is 0. The van der Waals surface area contributed by atoms with Gasteiger partial charge in [0.1, 0.15) is 0 Å². The van der Waals surface area contributed by atoms with E-state index in [0.29, 0.717) is 6.54 Å². The molecule has 0 amide bonds. The van der Waals surface area contributed by atoms with Crippen LogP contribution in [0.1, 0.15) is 11.1 Å². The first-order valence-corrected chi connectivity index (χ1v) is 6.25. The lowest BCUT2D eigenvalue weighted by atomic mass is 10.1. The Labute approximate surface area is 100 Å². The van der Waals surface area contributed by atoms with E-state index in [1.54, 1.807) is 11.3 Å². The number of thiophene rings is 1. The van der Waals surface area contributed by atoms with E-state index in [2.05, 4.69) is 47.0 Å². The largest absolute Gasteiger partial charge is 0.370 e. The van der Waals surface area contributed by atoms with Crippen molar-refractivity contribution in [2.75, 3.05) is 11.9 Å². The zero-order valence-electron chi connectivity index (χ0n) is 9.39. The molecular weight excluding hydrogens is 216 g/mol. The van der Waals surface area contributed by atoms with Crippen LogP contribution in [-0.2, 0) is 13.1 Å². The highest BCUT2D eigenvalue weighted by Crippen LogP contribution is 2.21. The van der Waals surface area contributed by atoms with Crippen LogP contribution < -0.4 is 10.6 Å². The van der Waals surface area contributed by atoms with Gasteiger partial charge in [-0.2, -0.15) is 11.3 Å². The van der Waals surface area contributed by atoms with Crippen molar-refractivity contribution in [2.45, 2.75) is 13.1 Å². The Bertz CT molecular complexity index is 437. The summed E-state index contributed by atoms with van der Waals surface area (Å²) in [6.45, 7) is 1.52. The van der Waals surface area contributed by atoms with Gasteiger partial charge in [-0.1, -0.05) is 18.2 Å². The van der Waals surface area contributed by atoms with Crippen LogP contribution in [0.4, 0.5) is 5.69 Å². The number of para-hydroxylation sites is 1. The standard InChI is InChI=1S/C13H16N2S/c1-15(9-11-6-7-16-10-11)13-5-3-2-4-12(13)8-14/h2-7,10H,8-9,14H2,1H3. The molecule has 3 heteroatoms. The lowest BCUT2D eigenvalue weighted by molar-refractivity contribution is 0.908. The number of benzene rings is 1. The highest BCUT2D eigenvalue weighted by molar-refractivity contribution is 7.07. The number of anilines is 1. The fourth-order valence-electron chi connectivity index (χ4n) is 1.80. The molecule has 0 saturated carbocycles. The van der Waals surface area contributed by atoms with E-state index in [-0.39, 0.29) is 0 Å². The van der Waals surface area contributed by atoms with Gasteiger partial charge in [-0.05, 0) is 34.0 Å². The third-order valence-electron chi connectivity index (χ3n) is 2.62. The van der Waals surface area contributed by atoms with Gasteiger partial charge >= 0.3 is 0 Å². The van der Waals surface area contributed by atoms with Crippen LogP contribution in [0.2, 0.25) is 0 Å². The Morgan fingerprint density at radius 3 is 2.75 bits per heavy atom. The first-order chi connectivity index (χ1) is 7.81. The molecule has 2 N–H and O–H groups in total. The summed E-state index contributed by atoms with van der Waals surface area (Å²) in [5, 5.41) is 4.29. The molecule has 0 aliphatic carbocycles. The smallest absolute Gasteiger partial charge is 0.0434 e. The summed E-state index contributed by atoms with van der Waals surface area (Å²) in [5.41, 5.74) is 9.50. The Balaban J connectivity index is 2.17. The summed E-state index contributed by atoms with van der Waals surface area (Å²) in [4.78, 5) is 2.24. The summed E-state index contributed by atoms with van der Waals surface area (Å²) >= 11 is 1.74. The molecule has 0 saturated heterocycles. The highest BCUT2D eigenvalue weighted by Gasteiger charge is 2.06. The molecule has 0 spiro atoms. The first-order valence-electron chi connectivity index (χ1n) is 5.31. The molecule has 2 aromatic rings. The number of rotatable bonds is 4. The molecule has 0 bridgehead atoms. The number of hydrogen-bond donors (Lipinski definition) is 1. The van der Waals surface area contributed by atoms with Gasteiger partial charge in [-0.25, -0.2) is 0 Å². The topological polar surface area (TPSA) is 29.3 Å². The third kappa shape index (κ3) is 2.43. The van der Waals surface area contributed by atoms with Gasteiger partial charge in [0, 0.05) is 25.8 Å². The van der Waals surface area contributed by atoms with Gasteiger partial charge < -0.3 is 10.6 Å². The van der Waals surface area contributed by atoms with Gasteiger partial charge in [-0.15, -0.1) is 0 Å². The van der Waals surface area contributed by atoms with Gasteiger partial charge in [0.05, 0.1) is 0 Å². The van der Waals surface area contributed by atoms with E-state index in [1.807, 2.05) is 6.07 Å². The monoisotopic (exact) mass is 232 g/mol. The molecule has 16 heavy (non-hydrogen) atoms. The zero-order chi connectivity index (χ0) is 11.4. The van der Waals surface area contributed by atoms with E-state index in [0.717, 1.165) is 6.54 Å². The van der Waals surface area contributed by atoms with Crippen molar-refractivity contribution in [1.82, 2.24) is 0 Å². The van der Waals surface area contributed by atoms with Crippen LogP contribution in [-0.4, -0.2) is 7.05 Å². The molecular formula is C13H16N2S. The quantitative estimate of drug-likeness (QED) is 0.878. The zero-order valence-corrected chi connectivity index (χ0v) is 10.2. The van der Waals surface area contributed by atoms with Crippen molar-refractivity contribution in [3.05, 3.63) is 52.2 Å². The van der Waals surface area contributed by atoms with Crippen molar-refractivity contribution >= 4 is 17.0 Å². The minimum atomic E-state index is 0.587. The number of nitrogens with two attached hydrogens (primary N) is 1. The number of nitrogens with zero attached hydrogens (tertiary/aromatic N) is 1. The molecule has 0 unspecified atom stereocenters. The molecule has 1 heterocycles. The van der Waals surface area contributed by atoms with Crippen molar-refractivity contribution in [2.24, 2.45) is 5.73 Å². The Kier molecular flexibility index (Phi) is 3.59. The predicted octanol–water partition coefficient (Wildman–Crippen LogP) is 2.84. The van der Waals surface area contributed by atoms with Crippen LogP contribution in [0.25, 0.3) is 0 Å². The van der Waals surface area contributed by atoms with Crippen LogP contribution >= 0.6 is 11.3 Å². The van der Waals surface area contributed by atoms with Crippen LogP contribution in [0.15, 0.2) is 41.1 Å². The van der Waals surface area contributed by atoms with E-state index >= 15 is 0 Å². The molecule has 1 aromatic heterocycles. The molecule has 84 valence electrons. The Morgan fingerprint density at radius 1 is 1.25 bits per heavy atom. The summed E-state index contributed by atoms with van der Waals surface area (Å²) in [7, 11) is 2.10. The molecule has 0 atom stereocenters. The fraction of sp³-hybridized carbons (Fsp3) is 0.231. The molecule has 1 aromatic carbocycles. The van der Waals surface area contributed by atoms with E-state index < -0.39 is 0 Å². The Morgan fingerprint density at radius 2 is 2.06 bits per heavy atom. The maximum absolute atomic E-state index is 5.74. The average molecular weight is 232 g/mol. The minimum absolute atomic E-state index is 0.587. The van der Waals surface area contributed by atoms with Gasteiger partial charge in [0.2, 0.25) is 0 Å². The van der Waals surface area contributed by atoms with Crippen molar-refractivity contribution in [3.8, 4) is 0 Å². The van der Waals surface area contributed by atoms with Crippen molar-refractivity contribution < 1.29 is 0 Å². The Hall–Kier alpha value is -1.32. The summed E-state index contributed by atoms with van der Waals surface area (Å²) in [6.07, 6.45) is 0. The molecule has 0 aliphatic heterocycles. The molecule has 2 rings (SSSR count). The predicted molar refractivity (Wildman–Crippen MR) is 70.8 cm³/mol. The van der Waals surface area contributed by atoms with Crippen LogP contribution in [0.5, 0.6) is 0 Å². The normalized spacial score (nSPS) is 10.4. The maximum Gasteiger partial charge on any atom is 0.0434 e. The second-order valence-electron chi connectivity index (χ2n) is 3.82. The second-order valence-corrected chi connectivity index (χ2v) is 4.60. The average Bonchev–Trinajstić information content (AvgIpc) is 2.81. The van der Waals surface area contributed by atoms with Gasteiger partial charge in [-0.3, -0.25) is 0 Å². The fourth-order valence-corrected chi connectivity index (χ4v) is 2.46. The van der Waals surface area contributed by atoms with Crippen LogP contribution in [0.3, 0.4) is 0 Å². The van der Waals surface area contributed by atoms with E-state index in [1.165, 1.54) is 16.8 Å². The van der Waals surface area contributed by atoms with Gasteiger partial charge in [0.25, 0.3) is 0 Å². The molecule has 0 radical (unpaired) electrons. The van der Waals surface area contributed by atoms with Crippen LogP contribution in [0, 0.1) is 0 Å². The number of hydrogen-bond acceptors (Lipinski definition) is 3.